The highest BCUT2D eigenvalue weighted by Crippen LogP contribution is 2.25. The van der Waals surface area contributed by atoms with Crippen molar-refractivity contribution in [3.05, 3.63) is 70.5 Å². The molecule has 0 aliphatic carbocycles. The molecule has 0 radical (unpaired) electrons. The largest absolute Gasteiger partial charge is 0.349 e. The smallest absolute Gasteiger partial charge is 0.223 e. The van der Waals surface area contributed by atoms with Gasteiger partial charge in [-0.3, -0.25) is 9.69 Å². The number of likely N-dealkylation sites (tertiary alicyclic amines) is 1. The van der Waals surface area contributed by atoms with Gasteiger partial charge in [0.1, 0.15) is 5.82 Å². The zero-order chi connectivity index (χ0) is 18.5. The topological polar surface area (TPSA) is 32.3 Å². The van der Waals surface area contributed by atoms with Gasteiger partial charge in [0.15, 0.2) is 0 Å². The van der Waals surface area contributed by atoms with Crippen molar-refractivity contribution in [2.75, 3.05) is 13.1 Å². The van der Waals surface area contributed by atoms with Gasteiger partial charge >= 0.3 is 0 Å². The van der Waals surface area contributed by atoms with Crippen LogP contribution in [0.1, 0.15) is 36.9 Å². The van der Waals surface area contributed by atoms with Crippen LogP contribution >= 0.6 is 11.6 Å². The van der Waals surface area contributed by atoms with Gasteiger partial charge in [0.2, 0.25) is 5.91 Å². The molecule has 1 amide bonds. The predicted molar refractivity (Wildman–Crippen MR) is 102 cm³/mol. The zero-order valence-corrected chi connectivity index (χ0v) is 15.7. The first-order valence-electron chi connectivity index (χ1n) is 9.05. The van der Waals surface area contributed by atoms with Crippen molar-refractivity contribution < 1.29 is 9.18 Å². The van der Waals surface area contributed by atoms with Crippen LogP contribution < -0.4 is 5.32 Å². The van der Waals surface area contributed by atoms with E-state index in [-0.39, 0.29) is 23.7 Å². The van der Waals surface area contributed by atoms with E-state index in [9.17, 15) is 9.18 Å². The van der Waals surface area contributed by atoms with Crippen LogP contribution in [0.2, 0.25) is 5.02 Å². The highest BCUT2D eigenvalue weighted by molar-refractivity contribution is 6.31. The van der Waals surface area contributed by atoms with E-state index in [4.69, 9.17) is 11.6 Å². The van der Waals surface area contributed by atoms with Gasteiger partial charge in [-0.25, -0.2) is 4.39 Å². The summed E-state index contributed by atoms with van der Waals surface area (Å²) < 4.78 is 13.9. The predicted octanol–water partition coefficient (Wildman–Crippen LogP) is 4.57. The molecule has 0 spiro atoms. The van der Waals surface area contributed by atoms with Crippen LogP contribution in [0.25, 0.3) is 0 Å². The maximum atomic E-state index is 13.9. The SMILES string of the molecule is C[C@H](NC(=O)C1CCN(Cc2c(F)cccc2Cl)CC1)c1ccccc1. The van der Waals surface area contributed by atoms with Gasteiger partial charge in [0, 0.05) is 23.0 Å². The molecule has 2 aromatic rings. The minimum Gasteiger partial charge on any atom is -0.349 e. The molecule has 0 aromatic heterocycles. The lowest BCUT2D eigenvalue weighted by atomic mass is 9.95. The number of carbonyl (C=O) groups is 1. The standard InChI is InChI=1S/C21H24ClFN2O/c1-15(16-6-3-2-4-7-16)24-21(26)17-10-12-25(13-11-17)14-18-19(22)8-5-9-20(18)23/h2-9,15,17H,10-14H2,1H3,(H,24,26)/t15-/m0/s1. The summed E-state index contributed by atoms with van der Waals surface area (Å²) in [6, 6.07) is 14.7. The quantitative estimate of drug-likeness (QED) is 0.831. The molecule has 1 N–H and O–H groups in total. The number of halogens is 2. The number of piperidine rings is 1. The summed E-state index contributed by atoms with van der Waals surface area (Å²) in [6.45, 7) is 4.02. The third-order valence-electron chi connectivity index (χ3n) is 5.06. The van der Waals surface area contributed by atoms with Gasteiger partial charge in [-0.15, -0.1) is 0 Å². The molecule has 1 atom stereocenters. The summed E-state index contributed by atoms with van der Waals surface area (Å²) >= 11 is 6.11. The molecule has 3 rings (SSSR count). The minimum absolute atomic E-state index is 0.000971. The first-order chi connectivity index (χ1) is 12.5. The van der Waals surface area contributed by atoms with Crippen molar-refractivity contribution in [3.63, 3.8) is 0 Å². The van der Waals surface area contributed by atoms with Crippen LogP contribution in [-0.2, 0) is 11.3 Å². The van der Waals surface area contributed by atoms with E-state index < -0.39 is 0 Å². The molecule has 1 saturated heterocycles. The molecule has 1 fully saturated rings. The molecule has 1 heterocycles. The second-order valence-electron chi connectivity index (χ2n) is 6.89. The maximum Gasteiger partial charge on any atom is 0.223 e. The van der Waals surface area contributed by atoms with Gasteiger partial charge < -0.3 is 5.32 Å². The van der Waals surface area contributed by atoms with E-state index in [1.165, 1.54) is 6.07 Å². The highest BCUT2D eigenvalue weighted by atomic mass is 35.5. The molecule has 26 heavy (non-hydrogen) atoms. The van der Waals surface area contributed by atoms with Crippen LogP contribution in [0.15, 0.2) is 48.5 Å². The fourth-order valence-corrected chi connectivity index (χ4v) is 3.64. The van der Waals surface area contributed by atoms with Crippen molar-refractivity contribution >= 4 is 17.5 Å². The lowest BCUT2D eigenvalue weighted by Crippen LogP contribution is -2.41. The van der Waals surface area contributed by atoms with Crippen LogP contribution in [0.5, 0.6) is 0 Å². The van der Waals surface area contributed by atoms with Crippen molar-refractivity contribution in [3.8, 4) is 0 Å². The lowest BCUT2D eigenvalue weighted by molar-refractivity contribution is -0.127. The van der Waals surface area contributed by atoms with Crippen LogP contribution in [0.4, 0.5) is 4.39 Å². The second kappa shape index (κ2) is 8.65. The number of rotatable bonds is 5. The normalized spacial score (nSPS) is 17.0. The fourth-order valence-electron chi connectivity index (χ4n) is 3.42. The van der Waals surface area contributed by atoms with Crippen molar-refractivity contribution in [1.82, 2.24) is 10.2 Å². The van der Waals surface area contributed by atoms with E-state index in [2.05, 4.69) is 10.2 Å². The fraction of sp³-hybridized carbons (Fsp3) is 0.381. The van der Waals surface area contributed by atoms with Gasteiger partial charge in [0.05, 0.1) is 6.04 Å². The van der Waals surface area contributed by atoms with E-state index in [0.717, 1.165) is 31.5 Å². The Bertz CT molecular complexity index is 725. The summed E-state index contributed by atoms with van der Waals surface area (Å²) in [6.07, 6.45) is 1.55. The molecule has 3 nitrogen and oxygen atoms in total. The molecule has 0 bridgehead atoms. The molecule has 0 saturated carbocycles. The molecule has 1 aliphatic rings. The molecule has 2 aromatic carbocycles. The number of carbonyl (C=O) groups excluding carboxylic acids is 1. The van der Waals surface area contributed by atoms with E-state index in [0.29, 0.717) is 17.1 Å². The van der Waals surface area contributed by atoms with E-state index in [1.807, 2.05) is 37.3 Å². The number of nitrogens with one attached hydrogen (secondary N) is 1. The number of nitrogens with zero attached hydrogens (tertiary/aromatic N) is 1. The van der Waals surface area contributed by atoms with Crippen molar-refractivity contribution in [1.29, 1.82) is 0 Å². The first-order valence-corrected chi connectivity index (χ1v) is 9.43. The summed E-state index contributed by atoms with van der Waals surface area (Å²) in [4.78, 5) is 14.7. The number of hydrogen-bond acceptors (Lipinski definition) is 2. The average molecular weight is 375 g/mol. The monoisotopic (exact) mass is 374 g/mol. The molecule has 5 heteroatoms. The summed E-state index contributed by atoms with van der Waals surface area (Å²) in [5.41, 5.74) is 1.64. The van der Waals surface area contributed by atoms with Crippen molar-refractivity contribution in [2.24, 2.45) is 5.92 Å². The van der Waals surface area contributed by atoms with Gasteiger partial charge in [0.25, 0.3) is 0 Å². The van der Waals surface area contributed by atoms with Gasteiger partial charge in [-0.05, 0) is 50.6 Å². The average Bonchev–Trinajstić information content (AvgIpc) is 2.66. The van der Waals surface area contributed by atoms with E-state index in [1.54, 1.807) is 12.1 Å². The van der Waals surface area contributed by atoms with Crippen LogP contribution in [0.3, 0.4) is 0 Å². The summed E-state index contributed by atoms with van der Waals surface area (Å²) in [5.74, 6) is -0.160. The number of benzene rings is 2. The van der Waals surface area contributed by atoms with Crippen LogP contribution in [0, 0.1) is 11.7 Å². The first kappa shape index (κ1) is 18.9. The Morgan fingerprint density at radius 1 is 1.19 bits per heavy atom. The summed E-state index contributed by atoms with van der Waals surface area (Å²) in [5, 5.41) is 3.57. The maximum absolute atomic E-state index is 13.9. The molecule has 1 aliphatic heterocycles. The number of amides is 1. The Morgan fingerprint density at radius 3 is 2.54 bits per heavy atom. The van der Waals surface area contributed by atoms with Crippen LogP contribution in [-0.4, -0.2) is 23.9 Å². The Balaban J connectivity index is 1.51. The molecule has 138 valence electrons. The molecule has 0 unspecified atom stereocenters. The third-order valence-corrected chi connectivity index (χ3v) is 5.41. The summed E-state index contributed by atoms with van der Waals surface area (Å²) in [7, 11) is 0. The Morgan fingerprint density at radius 2 is 1.88 bits per heavy atom. The van der Waals surface area contributed by atoms with Crippen molar-refractivity contribution in [2.45, 2.75) is 32.4 Å². The lowest BCUT2D eigenvalue weighted by Gasteiger charge is -2.32. The Labute approximate surface area is 159 Å². The highest BCUT2D eigenvalue weighted by Gasteiger charge is 2.26. The molecular weight excluding hydrogens is 351 g/mol. The minimum atomic E-state index is -0.269. The second-order valence-corrected chi connectivity index (χ2v) is 7.30. The zero-order valence-electron chi connectivity index (χ0n) is 14.9. The molecular formula is C21H24ClFN2O. The third kappa shape index (κ3) is 4.63. The Kier molecular flexibility index (Phi) is 6.28. The van der Waals surface area contributed by atoms with Gasteiger partial charge in [-0.1, -0.05) is 48.0 Å². The van der Waals surface area contributed by atoms with E-state index >= 15 is 0 Å². The Hall–Kier alpha value is -1.91. The number of hydrogen-bond donors (Lipinski definition) is 1. The van der Waals surface area contributed by atoms with Gasteiger partial charge in [-0.2, -0.15) is 0 Å².